The number of urea groups is 1. The minimum absolute atomic E-state index is 0.0335. The fourth-order valence-corrected chi connectivity index (χ4v) is 0.976. The van der Waals surface area contributed by atoms with Crippen LogP contribution in [0.25, 0.3) is 0 Å². The Labute approximate surface area is 95.4 Å². The lowest BCUT2D eigenvalue weighted by Crippen LogP contribution is -2.43. The number of carbonyl (C=O) groups is 2. The maximum Gasteiger partial charge on any atom is 0.314 e. The molecule has 0 aliphatic heterocycles. The zero-order valence-electron chi connectivity index (χ0n) is 9.95. The highest BCUT2D eigenvalue weighted by Crippen LogP contribution is 2.01. The molecule has 0 rings (SSSR count). The number of carbonyl (C=O) groups excluding carboxylic acids is 2. The third kappa shape index (κ3) is 6.23. The van der Waals surface area contributed by atoms with Crippen LogP contribution in [0.3, 0.4) is 0 Å². The number of hydrogen-bond donors (Lipinski definition) is 3. The standard InChI is InChI=1S/C10H20N2O4/c1-4-7(2)16-9(14)5-8(6-13)12-10(15)11-3/h7-8,13H,4-6H2,1-3H3,(H2,11,12,15). The van der Waals surface area contributed by atoms with E-state index in [1.165, 1.54) is 7.05 Å². The molecule has 0 aliphatic carbocycles. The molecule has 6 heteroatoms. The number of nitrogens with one attached hydrogen (secondary N) is 2. The molecule has 0 saturated carbocycles. The van der Waals surface area contributed by atoms with E-state index in [1.807, 2.05) is 6.92 Å². The third-order valence-corrected chi connectivity index (χ3v) is 2.10. The average molecular weight is 232 g/mol. The van der Waals surface area contributed by atoms with Crippen LogP contribution in [-0.4, -0.2) is 42.9 Å². The zero-order valence-corrected chi connectivity index (χ0v) is 9.95. The third-order valence-electron chi connectivity index (χ3n) is 2.10. The summed E-state index contributed by atoms with van der Waals surface area (Å²) in [5, 5.41) is 13.7. The fraction of sp³-hybridized carbons (Fsp3) is 0.800. The van der Waals surface area contributed by atoms with Gasteiger partial charge in [-0.2, -0.15) is 0 Å². The number of ether oxygens (including phenoxy) is 1. The van der Waals surface area contributed by atoms with Crippen LogP contribution >= 0.6 is 0 Å². The van der Waals surface area contributed by atoms with Gasteiger partial charge in [0, 0.05) is 7.05 Å². The van der Waals surface area contributed by atoms with Gasteiger partial charge in [0.1, 0.15) is 0 Å². The van der Waals surface area contributed by atoms with Gasteiger partial charge in [-0.1, -0.05) is 6.92 Å². The van der Waals surface area contributed by atoms with E-state index in [2.05, 4.69) is 10.6 Å². The van der Waals surface area contributed by atoms with Gasteiger partial charge in [0.25, 0.3) is 0 Å². The molecule has 0 heterocycles. The van der Waals surface area contributed by atoms with E-state index >= 15 is 0 Å². The minimum atomic E-state index is -0.614. The van der Waals surface area contributed by atoms with Crippen LogP contribution in [0.15, 0.2) is 0 Å². The van der Waals surface area contributed by atoms with Gasteiger partial charge in [0.15, 0.2) is 0 Å². The molecule has 0 aromatic rings. The highest BCUT2D eigenvalue weighted by molar-refractivity contribution is 5.76. The lowest BCUT2D eigenvalue weighted by molar-refractivity contribution is -0.149. The summed E-state index contributed by atoms with van der Waals surface area (Å²) in [6.07, 6.45) is 0.555. The summed E-state index contributed by atoms with van der Waals surface area (Å²) in [5.41, 5.74) is 0. The summed E-state index contributed by atoms with van der Waals surface area (Å²) in [6.45, 7) is 3.39. The summed E-state index contributed by atoms with van der Waals surface area (Å²) in [6, 6.07) is -1.05. The van der Waals surface area contributed by atoms with Crippen LogP contribution in [0, 0.1) is 0 Å². The molecule has 0 aromatic heterocycles. The highest BCUT2D eigenvalue weighted by Gasteiger charge is 2.17. The van der Waals surface area contributed by atoms with Crippen molar-refractivity contribution < 1.29 is 19.4 Å². The molecule has 0 aromatic carbocycles. The Balaban J connectivity index is 4.01. The van der Waals surface area contributed by atoms with E-state index in [1.54, 1.807) is 6.92 Å². The van der Waals surface area contributed by atoms with Crippen molar-refractivity contribution in [3.63, 3.8) is 0 Å². The van der Waals surface area contributed by atoms with Gasteiger partial charge in [0.05, 0.1) is 25.2 Å². The number of rotatable bonds is 6. The van der Waals surface area contributed by atoms with Crippen LogP contribution in [0.2, 0.25) is 0 Å². The smallest absolute Gasteiger partial charge is 0.314 e. The molecule has 0 bridgehead atoms. The molecule has 0 saturated heterocycles. The van der Waals surface area contributed by atoms with Crippen LogP contribution < -0.4 is 10.6 Å². The SMILES string of the molecule is CCC(C)OC(=O)CC(CO)NC(=O)NC. The van der Waals surface area contributed by atoms with Gasteiger partial charge >= 0.3 is 12.0 Å². The highest BCUT2D eigenvalue weighted by atomic mass is 16.5. The van der Waals surface area contributed by atoms with E-state index in [9.17, 15) is 9.59 Å². The predicted molar refractivity (Wildman–Crippen MR) is 58.9 cm³/mol. The van der Waals surface area contributed by atoms with Crippen molar-refractivity contribution in [1.82, 2.24) is 10.6 Å². The molecule has 6 nitrogen and oxygen atoms in total. The fourth-order valence-electron chi connectivity index (χ4n) is 0.976. The Morgan fingerprint density at radius 1 is 1.44 bits per heavy atom. The summed E-state index contributed by atoms with van der Waals surface area (Å²) in [7, 11) is 1.46. The Kier molecular flexibility index (Phi) is 7.28. The Bertz CT molecular complexity index is 233. The minimum Gasteiger partial charge on any atom is -0.463 e. The lowest BCUT2D eigenvalue weighted by atomic mass is 10.2. The molecule has 2 unspecified atom stereocenters. The average Bonchev–Trinajstić information content (AvgIpc) is 2.27. The molecule has 0 radical (unpaired) electrons. The topological polar surface area (TPSA) is 87.7 Å². The van der Waals surface area contributed by atoms with Crippen molar-refractivity contribution in [2.45, 2.75) is 38.8 Å². The van der Waals surface area contributed by atoms with Crippen molar-refractivity contribution >= 4 is 12.0 Å². The van der Waals surface area contributed by atoms with E-state index in [0.717, 1.165) is 6.42 Å². The molecular formula is C10H20N2O4. The summed E-state index contributed by atoms with van der Waals surface area (Å²) in [4.78, 5) is 22.3. The number of hydrogen-bond acceptors (Lipinski definition) is 4. The quantitative estimate of drug-likeness (QED) is 0.563. The van der Waals surface area contributed by atoms with Gasteiger partial charge in [-0.05, 0) is 13.3 Å². The van der Waals surface area contributed by atoms with Gasteiger partial charge in [-0.15, -0.1) is 0 Å². The molecule has 0 spiro atoms. The Morgan fingerprint density at radius 3 is 2.50 bits per heavy atom. The summed E-state index contributed by atoms with van der Waals surface area (Å²) < 4.78 is 5.03. The molecule has 3 N–H and O–H groups in total. The van der Waals surface area contributed by atoms with Crippen molar-refractivity contribution in [2.75, 3.05) is 13.7 Å². The molecule has 16 heavy (non-hydrogen) atoms. The largest absolute Gasteiger partial charge is 0.463 e. The van der Waals surface area contributed by atoms with Crippen molar-refractivity contribution in [3.8, 4) is 0 Å². The second kappa shape index (κ2) is 7.92. The first-order valence-electron chi connectivity index (χ1n) is 5.32. The van der Waals surface area contributed by atoms with E-state index in [-0.39, 0.29) is 19.1 Å². The number of amides is 2. The van der Waals surface area contributed by atoms with Crippen LogP contribution in [0.5, 0.6) is 0 Å². The van der Waals surface area contributed by atoms with Crippen molar-refractivity contribution in [3.05, 3.63) is 0 Å². The molecule has 2 amide bonds. The second-order valence-electron chi connectivity index (χ2n) is 3.52. The number of aliphatic hydroxyl groups is 1. The molecule has 0 aliphatic rings. The van der Waals surface area contributed by atoms with E-state index in [4.69, 9.17) is 9.84 Å². The van der Waals surface area contributed by atoms with E-state index in [0.29, 0.717) is 0 Å². The van der Waals surface area contributed by atoms with Gasteiger partial charge in [-0.25, -0.2) is 4.79 Å². The monoisotopic (exact) mass is 232 g/mol. The second-order valence-corrected chi connectivity index (χ2v) is 3.52. The van der Waals surface area contributed by atoms with Crippen LogP contribution in [0.1, 0.15) is 26.7 Å². The maximum atomic E-state index is 11.3. The maximum absolute atomic E-state index is 11.3. The molecule has 2 atom stereocenters. The first-order chi connectivity index (χ1) is 7.53. The Hall–Kier alpha value is -1.30. The zero-order chi connectivity index (χ0) is 12.6. The summed E-state index contributed by atoms with van der Waals surface area (Å²) >= 11 is 0. The number of esters is 1. The van der Waals surface area contributed by atoms with Crippen molar-refractivity contribution in [2.24, 2.45) is 0 Å². The molecular weight excluding hydrogens is 212 g/mol. The first kappa shape index (κ1) is 14.7. The van der Waals surface area contributed by atoms with Gasteiger partial charge in [-0.3, -0.25) is 4.79 Å². The van der Waals surface area contributed by atoms with E-state index < -0.39 is 18.0 Å². The Morgan fingerprint density at radius 2 is 2.06 bits per heavy atom. The van der Waals surface area contributed by atoms with Gasteiger partial charge in [0.2, 0.25) is 0 Å². The lowest BCUT2D eigenvalue weighted by Gasteiger charge is -2.17. The van der Waals surface area contributed by atoms with Crippen LogP contribution in [-0.2, 0) is 9.53 Å². The normalized spacial score (nSPS) is 13.8. The van der Waals surface area contributed by atoms with Crippen LogP contribution in [0.4, 0.5) is 4.79 Å². The molecule has 0 fully saturated rings. The van der Waals surface area contributed by atoms with Crippen molar-refractivity contribution in [1.29, 1.82) is 0 Å². The summed E-state index contributed by atoms with van der Waals surface area (Å²) in [5.74, 6) is -0.426. The van der Waals surface area contributed by atoms with Gasteiger partial charge < -0.3 is 20.5 Å². The molecule has 94 valence electrons. The predicted octanol–water partition coefficient (Wildman–Crippen LogP) is 0.00810. The first-order valence-corrected chi connectivity index (χ1v) is 5.32. The number of aliphatic hydroxyl groups excluding tert-OH is 1.